The van der Waals surface area contributed by atoms with Gasteiger partial charge in [-0.15, -0.1) is 10.2 Å². The average molecular weight is 467 g/mol. The molecule has 4 heterocycles. The van der Waals surface area contributed by atoms with Gasteiger partial charge in [-0.05, 0) is 78.4 Å². The minimum Gasteiger partial charge on any atom is -0.381 e. The Morgan fingerprint density at radius 3 is 2.62 bits per heavy atom. The van der Waals surface area contributed by atoms with Crippen LogP contribution in [0.4, 0.5) is 0 Å². The molecule has 0 unspecified atom stereocenters. The lowest BCUT2D eigenvalue weighted by molar-refractivity contribution is -0.115. The minimum atomic E-state index is -0.444. The third-order valence-corrected chi connectivity index (χ3v) is 7.47. The van der Waals surface area contributed by atoms with E-state index in [4.69, 9.17) is 4.74 Å². The SMILES string of the molecule is O=CC1(c2cccc(Sc3ccc4c(ccc5nnc(-c6ccccn6)n54)c3)c2)CCOCC1. The summed E-state index contributed by atoms with van der Waals surface area (Å²) >= 11 is 1.70. The van der Waals surface area contributed by atoms with Gasteiger partial charge in [0.05, 0.1) is 10.9 Å². The molecule has 7 heteroatoms. The molecule has 1 saturated heterocycles. The van der Waals surface area contributed by atoms with Crippen LogP contribution in [0.5, 0.6) is 0 Å². The van der Waals surface area contributed by atoms with Gasteiger partial charge in [-0.3, -0.25) is 9.38 Å². The second-order valence-electron chi connectivity index (χ2n) is 8.50. The van der Waals surface area contributed by atoms with E-state index in [1.165, 1.54) is 0 Å². The molecule has 6 nitrogen and oxygen atoms in total. The van der Waals surface area contributed by atoms with Crippen LogP contribution in [0.3, 0.4) is 0 Å². The molecule has 1 fully saturated rings. The van der Waals surface area contributed by atoms with Gasteiger partial charge in [0.15, 0.2) is 11.5 Å². The zero-order chi connectivity index (χ0) is 23.0. The zero-order valence-electron chi connectivity index (χ0n) is 18.4. The van der Waals surface area contributed by atoms with Gasteiger partial charge in [0.25, 0.3) is 0 Å². The van der Waals surface area contributed by atoms with Crippen LogP contribution in [0.1, 0.15) is 18.4 Å². The summed E-state index contributed by atoms with van der Waals surface area (Å²) in [4.78, 5) is 18.7. The number of ether oxygens (including phenoxy) is 1. The van der Waals surface area contributed by atoms with Crippen molar-refractivity contribution >= 4 is 34.6 Å². The Bertz CT molecular complexity index is 1490. The van der Waals surface area contributed by atoms with Crippen molar-refractivity contribution in [2.24, 2.45) is 0 Å². The van der Waals surface area contributed by atoms with Crippen molar-refractivity contribution < 1.29 is 9.53 Å². The molecule has 0 N–H and O–H groups in total. The quantitative estimate of drug-likeness (QED) is 0.326. The molecule has 0 amide bonds. The highest BCUT2D eigenvalue weighted by molar-refractivity contribution is 7.99. The van der Waals surface area contributed by atoms with Crippen LogP contribution in [0.15, 0.2) is 88.8 Å². The summed E-state index contributed by atoms with van der Waals surface area (Å²) in [6.07, 6.45) is 4.33. The molecular formula is C27H22N4O2S. The van der Waals surface area contributed by atoms with E-state index in [9.17, 15) is 4.79 Å². The number of fused-ring (bicyclic) bond motifs is 3. The molecule has 1 aliphatic heterocycles. The Kier molecular flexibility index (Phi) is 5.36. The van der Waals surface area contributed by atoms with Crippen molar-refractivity contribution in [2.45, 2.75) is 28.0 Å². The summed E-state index contributed by atoms with van der Waals surface area (Å²) in [5, 5.41) is 9.81. The second kappa shape index (κ2) is 8.66. The Hall–Kier alpha value is -3.55. The molecular weight excluding hydrogens is 444 g/mol. The fourth-order valence-electron chi connectivity index (χ4n) is 4.62. The normalized spacial score (nSPS) is 15.5. The van der Waals surface area contributed by atoms with E-state index >= 15 is 0 Å². The zero-order valence-corrected chi connectivity index (χ0v) is 19.2. The Morgan fingerprint density at radius 1 is 0.912 bits per heavy atom. The van der Waals surface area contributed by atoms with Crippen molar-refractivity contribution in [1.29, 1.82) is 0 Å². The first-order chi connectivity index (χ1) is 16.8. The van der Waals surface area contributed by atoms with Gasteiger partial charge in [-0.2, -0.15) is 0 Å². The maximum Gasteiger partial charge on any atom is 0.187 e. The summed E-state index contributed by atoms with van der Waals surface area (Å²) in [5.41, 5.74) is 3.23. The second-order valence-corrected chi connectivity index (χ2v) is 9.65. The lowest BCUT2D eigenvalue weighted by Gasteiger charge is -2.32. The third-order valence-electron chi connectivity index (χ3n) is 6.49. The lowest BCUT2D eigenvalue weighted by Crippen LogP contribution is -2.35. The number of nitrogens with zero attached hydrogens (tertiary/aromatic N) is 4. The molecule has 34 heavy (non-hydrogen) atoms. The maximum absolute atomic E-state index is 12.0. The van der Waals surface area contributed by atoms with Gasteiger partial charge in [-0.25, -0.2) is 0 Å². The highest BCUT2D eigenvalue weighted by Crippen LogP contribution is 2.37. The van der Waals surface area contributed by atoms with Crippen LogP contribution in [-0.2, 0) is 14.9 Å². The molecule has 168 valence electrons. The van der Waals surface area contributed by atoms with E-state index in [1.807, 2.05) is 34.7 Å². The number of carbonyl (C=O) groups excluding carboxylic acids is 1. The Labute approximate surface area is 201 Å². The predicted octanol–water partition coefficient (Wildman–Crippen LogP) is 5.34. The van der Waals surface area contributed by atoms with Crippen molar-refractivity contribution in [3.05, 3.63) is 84.6 Å². The number of aldehydes is 1. The van der Waals surface area contributed by atoms with Gasteiger partial charge < -0.3 is 9.53 Å². The van der Waals surface area contributed by atoms with E-state index in [-0.39, 0.29) is 0 Å². The van der Waals surface area contributed by atoms with E-state index < -0.39 is 5.41 Å². The highest BCUT2D eigenvalue weighted by Gasteiger charge is 2.34. The summed E-state index contributed by atoms with van der Waals surface area (Å²) < 4.78 is 7.54. The number of hydrogen-bond donors (Lipinski definition) is 0. The van der Waals surface area contributed by atoms with Crippen LogP contribution >= 0.6 is 11.8 Å². The van der Waals surface area contributed by atoms with Gasteiger partial charge >= 0.3 is 0 Å². The first-order valence-electron chi connectivity index (χ1n) is 11.3. The summed E-state index contributed by atoms with van der Waals surface area (Å²) in [5.74, 6) is 0.727. The van der Waals surface area contributed by atoms with Crippen LogP contribution in [0.2, 0.25) is 0 Å². The van der Waals surface area contributed by atoms with E-state index in [0.29, 0.717) is 13.2 Å². The van der Waals surface area contributed by atoms with Crippen molar-refractivity contribution in [1.82, 2.24) is 19.6 Å². The molecule has 0 saturated carbocycles. The van der Waals surface area contributed by atoms with Crippen LogP contribution < -0.4 is 0 Å². The summed E-state index contributed by atoms with van der Waals surface area (Å²) in [6.45, 7) is 1.25. The Morgan fingerprint density at radius 2 is 1.79 bits per heavy atom. The fourth-order valence-corrected chi connectivity index (χ4v) is 5.54. The predicted molar refractivity (Wildman–Crippen MR) is 132 cm³/mol. The average Bonchev–Trinajstić information content (AvgIpc) is 3.34. The molecule has 3 aromatic heterocycles. The van der Waals surface area contributed by atoms with Gasteiger partial charge in [0.2, 0.25) is 0 Å². The van der Waals surface area contributed by atoms with Gasteiger partial charge in [0.1, 0.15) is 12.0 Å². The first kappa shape index (κ1) is 21.0. The largest absolute Gasteiger partial charge is 0.381 e. The monoisotopic (exact) mass is 466 g/mol. The fraction of sp³-hybridized carbons (Fsp3) is 0.185. The van der Waals surface area contributed by atoms with E-state index in [2.05, 4.69) is 57.6 Å². The topological polar surface area (TPSA) is 69.4 Å². The molecule has 0 radical (unpaired) electrons. The maximum atomic E-state index is 12.0. The number of hydrogen-bond acceptors (Lipinski definition) is 6. The number of carbonyl (C=O) groups is 1. The standard InChI is InChI=1S/C27H22N4O2S/c32-18-27(11-14-33-15-12-27)20-4-3-5-21(17-20)34-22-8-9-24-19(16-22)7-10-25-29-30-26(31(24)25)23-6-1-2-13-28-23/h1-10,13,16-18H,11-12,14-15H2. The number of benzene rings is 2. The van der Waals surface area contributed by atoms with Crippen molar-refractivity contribution in [3.8, 4) is 11.5 Å². The summed E-state index contributed by atoms with van der Waals surface area (Å²) in [6, 6.07) is 24.6. The smallest absolute Gasteiger partial charge is 0.187 e. The molecule has 0 bridgehead atoms. The van der Waals surface area contributed by atoms with E-state index in [1.54, 1.807) is 18.0 Å². The molecule has 2 aromatic carbocycles. The molecule has 6 rings (SSSR count). The lowest BCUT2D eigenvalue weighted by atomic mass is 9.75. The molecule has 5 aromatic rings. The van der Waals surface area contributed by atoms with Crippen LogP contribution in [0.25, 0.3) is 28.1 Å². The van der Waals surface area contributed by atoms with Crippen LogP contribution in [-0.4, -0.2) is 39.1 Å². The number of rotatable bonds is 5. The molecule has 0 aliphatic carbocycles. The number of aromatic nitrogens is 4. The van der Waals surface area contributed by atoms with Crippen LogP contribution in [0, 0.1) is 0 Å². The Balaban J connectivity index is 1.36. The third kappa shape index (κ3) is 3.67. The highest BCUT2D eigenvalue weighted by atomic mass is 32.2. The molecule has 0 atom stereocenters. The van der Waals surface area contributed by atoms with Gasteiger partial charge in [0, 0.05) is 29.2 Å². The van der Waals surface area contributed by atoms with Crippen molar-refractivity contribution in [2.75, 3.05) is 13.2 Å². The van der Waals surface area contributed by atoms with E-state index in [0.717, 1.165) is 62.6 Å². The number of pyridine rings is 2. The first-order valence-corrected chi connectivity index (χ1v) is 12.1. The molecule has 1 aliphatic rings. The minimum absolute atomic E-state index is 0.444. The molecule has 0 spiro atoms. The van der Waals surface area contributed by atoms with Crippen molar-refractivity contribution in [3.63, 3.8) is 0 Å². The summed E-state index contributed by atoms with van der Waals surface area (Å²) in [7, 11) is 0. The van der Waals surface area contributed by atoms with Gasteiger partial charge in [-0.1, -0.05) is 30.0 Å².